The van der Waals surface area contributed by atoms with Crippen molar-refractivity contribution in [1.82, 2.24) is 5.01 Å². The van der Waals surface area contributed by atoms with Crippen LogP contribution >= 0.6 is 27.5 Å². The summed E-state index contributed by atoms with van der Waals surface area (Å²) in [6, 6.07) is 11.5. The molecule has 8 nitrogen and oxygen atoms in total. The maximum absolute atomic E-state index is 12.8. The summed E-state index contributed by atoms with van der Waals surface area (Å²) in [6.45, 7) is -0.200. The number of fused-ring (bicyclic) bond motifs is 1. The number of carbonyl (C=O) groups is 3. The Morgan fingerprint density at radius 3 is 2.43 bits per heavy atom. The Balaban J connectivity index is 1.48. The third-order valence-electron chi connectivity index (χ3n) is 4.38. The Bertz CT molecular complexity index is 980. The largest absolute Gasteiger partial charge is 0.324 e. The molecule has 3 amide bonds. The van der Waals surface area contributed by atoms with Crippen molar-refractivity contribution in [2.75, 3.05) is 16.8 Å². The molecule has 1 fully saturated rings. The highest BCUT2D eigenvalue weighted by Crippen LogP contribution is 2.32. The van der Waals surface area contributed by atoms with Crippen molar-refractivity contribution in [3.05, 3.63) is 58.0 Å². The molecule has 1 saturated heterocycles. The Labute approximate surface area is 173 Å². The third-order valence-corrected chi connectivity index (χ3v) is 5.16. The molecular formula is C18H13BrClN5O3. The third kappa shape index (κ3) is 3.38. The Morgan fingerprint density at radius 1 is 1.07 bits per heavy atom. The zero-order valence-corrected chi connectivity index (χ0v) is 16.6. The van der Waals surface area contributed by atoms with Gasteiger partial charge in [-0.2, -0.15) is 5.11 Å². The maximum Gasteiger partial charge on any atom is 0.263 e. The minimum atomic E-state index is -0.955. The van der Waals surface area contributed by atoms with Gasteiger partial charge in [0.05, 0.1) is 5.69 Å². The van der Waals surface area contributed by atoms with Gasteiger partial charge in [-0.3, -0.25) is 19.4 Å². The summed E-state index contributed by atoms with van der Waals surface area (Å²) < 4.78 is 0.888. The van der Waals surface area contributed by atoms with E-state index in [0.717, 1.165) is 9.37 Å². The summed E-state index contributed by atoms with van der Waals surface area (Å²) in [4.78, 5) is 38.9. The van der Waals surface area contributed by atoms with Crippen molar-refractivity contribution in [2.24, 2.45) is 10.3 Å². The summed E-state index contributed by atoms with van der Waals surface area (Å²) in [7, 11) is 0. The van der Waals surface area contributed by atoms with Crippen LogP contribution in [0.15, 0.2) is 63.3 Å². The molecule has 0 aliphatic carbocycles. The number of amides is 3. The Morgan fingerprint density at radius 2 is 1.75 bits per heavy atom. The number of anilines is 2. The molecule has 0 saturated carbocycles. The summed E-state index contributed by atoms with van der Waals surface area (Å²) in [5.41, 5.74) is 1.01. The highest BCUT2D eigenvalue weighted by atomic mass is 79.9. The lowest BCUT2D eigenvalue weighted by Gasteiger charge is -2.20. The standard InChI is InChI=1S/C18H13BrClN5O3/c19-10-1-5-12(6-2-10)21-14(26)9-24-16-15(22-23-24)17(27)25(18(16)28)13-7-3-11(20)4-8-13/h1-8,15-16H,9H2,(H,21,26)/t15-,16-/m0/s1. The number of hydrogen-bond acceptors (Lipinski definition) is 6. The molecule has 10 heteroatoms. The average Bonchev–Trinajstić information content (AvgIpc) is 3.18. The highest BCUT2D eigenvalue weighted by Gasteiger charge is 2.55. The second-order valence-corrected chi connectivity index (χ2v) is 7.59. The molecule has 2 aliphatic heterocycles. The zero-order valence-electron chi connectivity index (χ0n) is 14.3. The van der Waals surface area contributed by atoms with Gasteiger partial charge in [0.25, 0.3) is 11.8 Å². The minimum Gasteiger partial charge on any atom is -0.324 e. The van der Waals surface area contributed by atoms with Crippen molar-refractivity contribution in [1.29, 1.82) is 0 Å². The first-order valence-corrected chi connectivity index (χ1v) is 9.47. The summed E-state index contributed by atoms with van der Waals surface area (Å²) in [5.74, 6) is -1.32. The number of benzene rings is 2. The molecular weight excluding hydrogens is 450 g/mol. The van der Waals surface area contributed by atoms with Crippen LogP contribution in [0.5, 0.6) is 0 Å². The van der Waals surface area contributed by atoms with Gasteiger partial charge in [-0.05, 0) is 48.5 Å². The van der Waals surface area contributed by atoms with E-state index in [1.165, 1.54) is 5.01 Å². The van der Waals surface area contributed by atoms with Crippen LogP contribution in [0.1, 0.15) is 0 Å². The van der Waals surface area contributed by atoms with Crippen LogP contribution in [-0.2, 0) is 14.4 Å². The van der Waals surface area contributed by atoms with Crippen LogP contribution in [0, 0.1) is 0 Å². The molecule has 0 radical (unpaired) electrons. The van der Waals surface area contributed by atoms with Gasteiger partial charge in [-0.25, -0.2) is 4.90 Å². The van der Waals surface area contributed by atoms with Gasteiger partial charge in [0, 0.05) is 15.2 Å². The molecule has 2 aliphatic rings. The van der Waals surface area contributed by atoms with Crippen molar-refractivity contribution in [2.45, 2.75) is 12.1 Å². The summed E-state index contributed by atoms with van der Waals surface area (Å²) in [5, 5.41) is 12.2. The van der Waals surface area contributed by atoms with Gasteiger partial charge >= 0.3 is 0 Å². The van der Waals surface area contributed by atoms with E-state index < -0.39 is 23.9 Å². The number of rotatable bonds is 4. The van der Waals surface area contributed by atoms with Gasteiger partial charge in [0.15, 0.2) is 12.1 Å². The molecule has 142 valence electrons. The van der Waals surface area contributed by atoms with E-state index in [2.05, 4.69) is 31.6 Å². The summed E-state index contributed by atoms with van der Waals surface area (Å²) >= 11 is 9.19. The maximum atomic E-state index is 12.8. The van der Waals surface area contributed by atoms with Gasteiger partial charge in [0.1, 0.15) is 6.54 Å². The van der Waals surface area contributed by atoms with E-state index in [4.69, 9.17) is 11.6 Å². The first-order chi connectivity index (χ1) is 13.4. The molecule has 2 aromatic carbocycles. The number of carbonyl (C=O) groups excluding carboxylic acids is 3. The Hall–Kier alpha value is -2.78. The van der Waals surface area contributed by atoms with Crippen molar-refractivity contribution >= 4 is 56.6 Å². The molecule has 0 unspecified atom stereocenters. The zero-order chi connectivity index (χ0) is 19.8. The van der Waals surface area contributed by atoms with E-state index in [1.807, 2.05) is 0 Å². The predicted molar refractivity (Wildman–Crippen MR) is 106 cm³/mol. The topological polar surface area (TPSA) is 94.4 Å². The van der Waals surface area contributed by atoms with E-state index >= 15 is 0 Å². The molecule has 0 spiro atoms. The lowest BCUT2D eigenvalue weighted by atomic mass is 10.1. The van der Waals surface area contributed by atoms with Crippen LogP contribution in [0.25, 0.3) is 0 Å². The average molecular weight is 463 g/mol. The number of nitrogens with zero attached hydrogens (tertiary/aromatic N) is 4. The van der Waals surface area contributed by atoms with Gasteiger partial charge in [-0.15, -0.1) is 0 Å². The van der Waals surface area contributed by atoms with Crippen LogP contribution in [0.4, 0.5) is 11.4 Å². The molecule has 0 aromatic heterocycles. The lowest BCUT2D eigenvalue weighted by Crippen LogP contribution is -2.43. The monoisotopic (exact) mass is 461 g/mol. The van der Waals surface area contributed by atoms with Gasteiger partial charge in [-0.1, -0.05) is 32.8 Å². The quantitative estimate of drug-likeness (QED) is 0.707. The van der Waals surface area contributed by atoms with E-state index in [0.29, 0.717) is 16.4 Å². The van der Waals surface area contributed by atoms with Crippen LogP contribution in [0.3, 0.4) is 0 Å². The molecule has 2 aromatic rings. The highest BCUT2D eigenvalue weighted by molar-refractivity contribution is 9.10. The molecule has 0 bridgehead atoms. The second-order valence-electron chi connectivity index (χ2n) is 6.24. The van der Waals surface area contributed by atoms with Crippen molar-refractivity contribution < 1.29 is 14.4 Å². The summed E-state index contributed by atoms with van der Waals surface area (Å²) in [6.07, 6.45) is 0. The SMILES string of the molecule is O=C(CN1N=N[C@@H]2C(=O)N(c3ccc(Cl)cc3)C(=O)[C@H]21)Nc1ccc(Br)cc1. The number of nitrogens with one attached hydrogen (secondary N) is 1. The van der Waals surface area contributed by atoms with E-state index in [1.54, 1.807) is 48.5 Å². The predicted octanol–water partition coefficient (Wildman–Crippen LogP) is 3.03. The van der Waals surface area contributed by atoms with E-state index in [-0.39, 0.29) is 12.5 Å². The number of imide groups is 1. The number of hydrogen-bond donors (Lipinski definition) is 1. The molecule has 1 N–H and O–H groups in total. The normalized spacial score (nSPS) is 20.6. The van der Waals surface area contributed by atoms with Crippen LogP contribution < -0.4 is 10.2 Å². The molecule has 28 heavy (non-hydrogen) atoms. The second kappa shape index (κ2) is 7.33. The minimum absolute atomic E-state index is 0.200. The number of halogens is 2. The molecule has 2 atom stereocenters. The van der Waals surface area contributed by atoms with Crippen LogP contribution in [-0.4, -0.2) is 41.4 Å². The lowest BCUT2D eigenvalue weighted by molar-refractivity contribution is -0.123. The van der Waals surface area contributed by atoms with Crippen LogP contribution in [0.2, 0.25) is 5.02 Å². The van der Waals surface area contributed by atoms with Crippen molar-refractivity contribution in [3.63, 3.8) is 0 Å². The molecule has 2 heterocycles. The van der Waals surface area contributed by atoms with Gasteiger partial charge in [0.2, 0.25) is 5.91 Å². The van der Waals surface area contributed by atoms with Gasteiger partial charge < -0.3 is 5.32 Å². The first kappa shape index (κ1) is 18.6. The van der Waals surface area contributed by atoms with Crippen molar-refractivity contribution in [3.8, 4) is 0 Å². The fraction of sp³-hybridized carbons (Fsp3) is 0.167. The smallest absolute Gasteiger partial charge is 0.263 e. The fourth-order valence-electron chi connectivity index (χ4n) is 3.08. The Kier molecular flexibility index (Phi) is 4.86. The fourth-order valence-corrected chi connectivity index (χ4v) is 3.47. The first-order valence-electron chi connectivity index (χ1n) is 8.30. The molecule has 4 rings (SSSR count). The van der Waals surface area contributed by atoms with E-state index in [9.17, 15) is 14.4 Å².